The van der Waals surface area contributed by atoms with E-state index in [1.807, 2.05) is 26.0 Å². The predicted molar refractivity (Wildman–Crippen MR) is 155 cm³/mol. The van der Waals surface area contributed by atoms with Gasteiger partial charge in [0.2, 0.25) is 5.88 Å². The lowest BCUT2D eigenvalue weighted by Gasteiger charge is -2.32. The van der Waals surface area contributed by atoms with Gasteiger partial charge in [-0.15, -0.1) is 0 Å². The lowest BCUT2D eigenvalue weighted by Crippen LogP contribution is -2.43. The van der Waals surface area contributed by atoms with Crippen LogP contribution >= 0.6 is 23.2 Å². The van der Waals surface area contributed by atoms with E-state index >= 15 is 0 Å². The van der Waals surface area contributed by atoms with Crippen LogP contribution < -0.4 is 4.74 Å². The molecule has 0 bridgehead atoms. The van der Waals surface area contributed by atoms with Gasteiger partial charge in [-0.1, -0.05) is 53.5 Å². The molecule has 1 saturated heterocycles. The fraction of sp³-hybridized carbons (Fsp3) is 0.310. The Morgan fingerprint density at radius 3 is 2.42 bits per heavy atom. The van der Waals surface area contributed by atoms with Crippen LogP contribution in [0.15, 0.2) is 72.1 Å². The zero-order chi connectivity index (χ0) is 28.7. The van der Waals surface area contributed by atoms with Gasteiger partial charge >= 0.3 is 15.6 Å². The first kappa shape index (κ1) is 28.7. The van der Waals surface area contributed by atoms with Gasteiger partial charge < -0.3 is 4.74 Å². The highest BCUT2D eigenvalue weighted by Gasteiger charge is 2.50. The van der Waals surface area contributed by atoms with Gasteiger partial charge in [0.25, 0.3) is 0 Å². The maximum absolute atomic E-state index is 14.5. The van der Waals surface area contributed by atoms with E-state index in [1.165, 1.54) is 12.1 Å². The number of aromatic nitrogens is 3. The molecule has 0 amide bonds. The molecule has 1 aliphatic heterocycles. The molecular weight excluding hydrogens is 574 g/mol. The molecule has 0 spiro atoms. The first-order valence-electron chi connectivity index (χ1n) is 12.9. The van der Waals surface area contributed by atoms with E-state index in [9.17, 15) is 13.2 Å². The summed E-state index contributed by atoms with van der Waals surface area (Å²) in [5.41, 5.74) is 2.08. The van der Waals surface area contributed by atoms with Crippen molar-refractivity contribution < 1.29 is 17.9 Å². The summed E-state index contributed by atoms with van der Waals surface area (Å²) < 4.78 is 48.8. The minimum absolute atomic E-state index is 0.0318. The molecule has 5 rings (SSSR count). The summed E-state index contributed by atoms with van der Waals surface area (Å²) in [7, 11) is -2.32. The van der Waals surface area contributed by atoms with Gasteiger partial charge in [-0.25, -0.2) is 9.37 Å². The number of hydrogen-bond acceptors (Lipinski definition) is 4. The molecule has 1 aliphatic rings. The molecule has 0 saturated carbocycles. The standard InChI is InChI=1S/C29H29Cl2FN4O3S/c1-29(2,20-8-13-23(30)24(31)16-20)26-18-34-28(36(26)22-11-9-21(32)10-12-22)40(37,38)35-15-5-4-6-25(35)19-7-14-27(39-3)33-17-19/h7-14,16-18,25H,4-6,15H2,1-3H3/p+1. The number of piperidine rings is 1. The van der Waals surface area contributed by atoms with Crippen LogP contribution in [-0.4, -0.2) is 37.0 Å². The van der Waals surface area contributed by atoms with E-state index in [2.05, 4.69) is 9.97 Å². The van der Waals surface area contributed by atoms with Crippen molar-refractivity contribution >= 4 is 33.6 Å². The third kappa shape index (κ3) is 5.29. The topological polar surface area (TPSA) is 80.5 Å². The minimum atomic E-state index is -3.87. The van der Waals surface area contributed by atoms with Gasteiger partial charge in [0.05, 0.1) is 40.8 Å². The highest BCUT2D eigenvalue weighted by Crippen LogP contribution is 2.41. The average molecular weight is 605 g/mol. The highest BCUT2D eigenvalue weighted by molar-refractivity contribution is 7.95. The molecule has 1 N–H and O–H groups in total. The van der Waals surface area contributed by atoms with Crippen molar-refractivity contribution in [2.24, 2.45) is 0 Å². The summed E-state index contributed by atoms with van der Waals surface area (Å²) in [6.45, 7) is 4.34. The van der Waals surface area contributed by atoms with Gasteiger partial charge in [-0.2, -0.15) is 9.54 Å². The number of ether oxygens (including phenoxy) is 1. The average Bonchev–Trinajstić information content (AvgIpc) is 3.42. The van der Waals surface area contributed by atoms with Crippen LogP contribution in [0.1, 0.15) is 56.0 Å². The van der Waals surface area contributed by atoms with Crippen LogP contribution in [0, 0.1) is 5.82 Å². The highest BCUT2D eigenvalue weighted by atomic mass is 35.5. The largest absolute Gasteiger partial charge is 0.481 e. The number of imidazole rings is 1. The van der Waals surface area contributed by atoms with Crippen LogP contribution in [0.2, 0.25) is 10.0 Å². The summed E-state index contributed by atoms with van der Waals surface area (Å²) in [4.78, 5) is 8.87. The normalized spacial score (nSPS) is 17.9. The Bertz CT molecular complexity index is 1560. The Morgan fingerprint density at radius 2 is 1.77 bits per heavy atom. The van der Waals surface area contributed by atoms with Crippen LogP contribution in [0.25, 0.3) is 5.69 Å². The molecule has 210 valence electrons. The molecule has 2 aromatic heterocycles. The molecule has 2 atom stereocenters. The summed E-state index contributed by atoms with van der Waals surface area (Å²) in [6.07, 6.45) is 5.64. The third-order valence-electron chi connectivity index (χ3n) is 7.46. The van der Waals surface area contributed by atoms with Crippen molar-refractivity contribution in [2.45, 2.75) is 49.7 Å². The first-order chi connectivity index (χ1) is 19.0. The predicted octanol–water partition coefficient (Wildman–Crippen LogP) is 7.52. The molecule has 11 heteroatoms. The summed E-state index contributed by atoms with van der Waals surface area (Å²) in [5.74, 6) is 0.0559. The minimum Gasteiger partial charge on any atom is -0.481 e. The molecule has 7 nitrogen and oxygen atoms in total. The Labute approximate surface area is 244 Å². The monoisotopic (exact) mass is 603 g/mol. The molecule has 0 aliphatic carbocycles. The maximum atomic E-state index is 14.5. The van der Waals surface area contributed by atoms with Crippen molar-refractivity contribution in [1.29, 1.82) is 0 Å². The van der Waals surface area contributed by atoms with Gasteiger partial charge in [-0.3, -0.25) is 4.57 Å². The van der Waals surface area contributed by atoms with E-state index in [0.29, 0.717) is 40.3 Å². The number of pyridine rings is 1. The fourth-order valence-corrected chi connectivity index (χ4v) is 7.27. The quantitative estimate of drug-likeness (QED) is 0.221. The second-order valence-electron chi connectivity index (χ2n) is 10.3. The van der Waals surface area contributed by atoms with Crippen LogP contribution in [-0.2, 0) is 20.0 Å². The number of benzene rings is 2. The zero-order valence-electron chi connectivity index (χ0n) is 22.4. The summed E-state index contributed by atoms with van der Waals surface area (Å²) >= 11 is 12.5. The van der Waals surface area contributed by atoms with Gasteiger partial charge in [0.15, 0.2) is 0 Å². The molecule has 4 aromatic rings. The first-order valence-corrected chi connectivity index (χ1v) is 15.1. The van der Waals surface area contributed by atoms with Gasteiger partial charge in [0, 0.05) is 24.2 Å². The number of halogens is 3. The maximum Gasteiger partial charge on any atom is 0.386 e. The molecule has 3 heterocycles. The SMILES string of the molecule is COc1ccc(C2CCCCN2[S+](=O)(O)c2ncc(C(C)(C)c3ccc(Cl)c(Cl)c3)n2-c2ccc(F)cc2)cn1. The van der Waals surface area contributed by atoms with Crippen LogP contribution in [0.3, 0.4) is 0 Å². The lowest BCUT2D eigenvalue weighted by molar-refractivity contribution is 0.234. The van der Waals surface area contributed by atoms with Crippen LogP contribution in [0.5, 0.6) is 5.88 Å². The second-order valence-corrected chi connectivity index (χ2v) is 12.9. The molecule has 0 radical (unpaired) electrons. The van der Waals surface area contributed by atoms with E-state index in [1.54, 1.807) is 58.7 Å². The van der Waals surface area contributed by atoms with Crippen molar-refractivity contribution in [2.75, 3.05) is 13.7 Å². The Morgan fingerprint density at radius 1 is 1.02 bits per heavy atom. The van der Waals surface area contributed by atoms with Crippen LogP contribution in [0.4, 0.5) is 4.39 Å². The van der Waals surface area contributed by atoms with Crippen molar-refractivity contribution in [3.63, 3.8) is 0 Å². The number of hydrogen-bond donors (Lipinski definition) is 1. The fourth-order valence-electron chi connectivity index (χ4n) is 5.18. The second kappa shape index (κ2) is 11.2. The van der Waals surface area contributed by atoms with E-state index in [-0.39, 0.29) is 11.2 Å². The summed E-state index contributed by atoms with van der Waals surface area (Å²) in [5, 5.41) is 0.794. The zero-order valence-corrected chi connectivity index (χ0v) is 24.7. The Kier molecular flexibility index (Phi) is 8.05. The number of nitrogens with zero attached hydrogens (tertiary/aromatic N) is 4. The smallest absolute Gasteiger partial charge is 0.386 e. The van der Waals surface area contributed by atoms with Gasteiger partial charge in [0.1, 0.15) is 5.82 Å². The lowest BCUT2D eigenvalue weighted by atomic mass is 9.81. The molecule has 1 fully saturated rings. The van der Waals surface area contributed by atoms with Gasteiger partial charge in [-0.05, 0) is 71.0 Å². The third-order valence-corrected chi connectivity index (χ3v) is 10.0. The summed E-state index contributed by atoms with van der Waals surface area (Å²) in [6, 6.07) is 14.4. The Balaban J connectivity index is 1.65. The van der Waals surface area contributed by atoms with Crippen molar-refractivity contribution in [3.05, 3.63) is 99.7 Å². The molecule has 2 aromatic carbocycles. The van der Waals surface area contributed by atoms with Crippen molar-refractivity contribution in [3.8, 4) is 11.6 Å². The van der Waals surface area contributed by atoms with E-state index in [4.69, 9.17) is 27.9 Å². The molecule has 2 unspecified atom stereocenters. The van der Waals surface area contributed by atoms with E-state index < -0.39 is 21.6 Å². The molecule has 40 heavy (non-hydrogen) atoms. The van der Waals surface area contributed by atoms with Crippen molar-refractivity contribution in [1.82, 2.24) is 18.8 Å². The molecular formula is C29H30Cl2FN4O3S+. The number of methoxy groups -OCH3 is 1. The Hall–Kier alpha value is -2.82. The van der Waals surface area contributed by atoms with E-state index in [0.717, 1.165) is 24.0 Å². The number of rotatable bonds is 7.